The monoisotopic (exact) mass is 183 g/mol. The van der Waals surface area contributed by atoms with Crippen LogP contribution in [0.3, 0.4) is 0 Å². The molecule has 0 aliphatic heterocycles. The van der Waals surface area contributed by atoms with Crippen molar-refractivity contribution in [3.8, 4) is 0 Å². The van der Waals surface area contributed by atoms with E-state index in [2.05, 4.69) is 5.10 Å². The molecule has 13 heavy (non-hydrogen) atoms. The highest BCUT2D eigenvalue weighted by Crippen LogP contribution is 2.01. The number of nitrogens with two attached hydrogens (primary N) is 1. The predicted molar refractivity (Wildman–Crippen MR) is 51.4 cm³/mol. The molecule has 0 fully saturated rings. The zero-order chi connectivity index (χ0) is 9.68. The average molecular weight is 183 g/mol. The number of hydrogen-bond donors (Lipinski definition) is 1. The van der Waals surface area contributed by atoms with Crippen LogP contribution in [0.15, 0.2) is 12.3 Å². The molecule has 0 saturated heterocycles. The van der Waals surface area contributed by atoms with Gasteiger partial charge in [-0.1, -0.05) is 0 Å². The van der Waals surface area contributed by atoms with E-state index < -0.39 is 0 Å². The van der Waals surface area contributed by atoms with Gasteiger partial charge in [0.15, 0.2) is 0 Å². The normalized spacial score (nSPS) is 13.2. The van der Waals surface area contributed by atoms with Crippen LogP contribution in [0.5, 0.6) is 0 Å². The van der Waals surface area contributed by atoms with Crippen LogP contribution in [-0.4, -0.2) is 29.5 Å². The summed E-state index contributed by atoms with van der Waals surface area (Å²) in [6.07, 6.45) is 3.79. The van der Waals surface area contributed by atoms with Crippen molar-refractivity contribution in [1.82, 2.24) is 9.78 Å². The van der Waals surface area contributed by atoms with E-state index in [0.29, 0.717) is 6.61 Å². The second-order valence-corrected chi connectivity index (χ2v) is 3.23. The van der Waals surface area contributed by atoms with Gasteiger partial charge in [-0.2, -0.15) is 5.10 Å². The molecule has 0 radical (unpaired) electrons. The van der Waals surface area contributed by atoms with Crippen LogP contribution >= 0.6 is 0 Å². The smallest absolute Gasteiger partial charge is 0.0625 e. The van der Waals surface area contributed by atoms with Crippen LogP contribution in [0.1, 0.15) is 12.1 Å². The highest BCUT2D eigenvalue weighted by molar-refractivity contribution is 4.98. The molecule has 1 unspecified atom stereocenters. The van der Waals surface area contributed by atoms with Crippen LogP contribution in [0.4, 0.5) is 0 Å². The van der Waals surface area contributed by atoms with Crippen molar-refractivity contribution in [2.75, 3.05) is 13.7 Å². The van der Waals surface area contributed by atoms with Crippen molar-refractivity contribution < 1.29 is 4.74 Å². The molecule has 4 nitrogen and oxygen atoms in total. The number of aromatic nitrogens is 2. The minimum absolute atomic E-state index is 0.118. The third kappa shape index (κ3) is 3.57. The summed E-state index contributed by atoms with van der Waals surface area (Å²) < 4.78 is 6.75. The topological polar surface area (TPSA) is 53.1 Å². The molecular formula is C9H17N3O. The quantitative estimate of drug-likeness (QED) is 0.715. The number of aryl methyl sites for hydroxylation is 2. The molecule has 0 aliphatic rings. The lowest BCUT2D eigenvalue weighted by Gasteiger charge is -2.08. The van der Waals surface area contributed by atoms with E-state index >= 15 is 0 Å². The molecule has 0 aromatic carbocycles. The van der Waals surface area contributed by atoms with E-state index in [-0.39, 0.29) is 6.04 Å². The lowest BCUT2D eigenvalue weighted by atomic mass is 10.1. The minimum atomic E-state index is 0.118. The maximum absolute atomic E-state index is 5.78. The molecule has 1 aromatic heterocycles. The standard InChI is InChI=1S/C9H17N3O/c1-12-6-5-9(11-12)4-3-8(10)7-13-2/h5-6,8H,3-4,7,10H2,1-2H3. The molecule has 1 atom stereocenters. The summed E-state index contributed by atoms with van der Waals surface area (Å²) in [6, 6.07) is 2.13. The van der Waals surface area contributed by atoms with E-state index in [1.54, 1.807) is 11.8 Å². The number of methoxy groups -OCH3 is 1. The van der Waals surface area contributed by atoms with Gasteiger partial charge in [-0.05, 0) is 18.9 Å². The first-order valence-corrected chi connectivity index (χ1v) is 4.45. The van der Waals surface area contributed by atoms with Crippen molar-refractivity contribution in [1.29, 1.82) is 0 Å². The van der Waals surface area contributed by atoms with Crippen LogP contribution in [0.25, 0.3) is 0 Å². The van der Waals surface area contributed by atoms with Crippen LogP contribution < -0.4 is 5.73 Å². The highest BCUT2D eigenvalue weighted by atomic mass is 16.5. The Bertz CT molecular complexity index is 247. The summed E-state index contributed by atoms with van der Waals surface area (Å²) in [5.74, 6) is 0. The van der Waals surface area contributed by atoms with Crippen LogP contribution in [0.2, 0.25) is 0 Å². The van der Waals surface area contributed by atoms with Gasteiger partial charge in [0, 0.05) is 26.4 Å². The van der Waals surface area contributed by atoms with Crippen molar-refractivity contribution in [3.05, 3.63) is 18.0 Å². The van der Waals surface area contributed by atoms with Gasteiger partial charge in [0.25, 0.3) is 0 Å². The molecule has 0 amide bonds. The Kier molecular flexibility index (Phi) is 3.92. The molecule has 0 spiro atoms. The third-order valence-electron chi connectivity index (χ3n) is 1.92. The Morgan fingerprint density at radius 1 is 1.69 bits per heavy atom. The SMILES string of the molecule is COCC(N)CCc1ccn(C)n1. The molecule has 74 valence electrons. The molecular weight excluding hydrogens is 166 g/mol. The van der Waals surface area contributed by atoms with E-state index in [4.69, 9.17) is 10.5 Å². The van der Waals surface area contributed by atoms with Crippen molar-refractivity contribution in [2.45, 2.75) is 18.9 Å². The maximum atomic E-state index is 5.78. The first-order chi connectivity index (χ1) is 6.22. The summed E-state index contributed by atoms with van der Waals surface area (Å²) >= 11 is 0. The van der Waals surface area contributed by atoms with Crippen LogP contribution in [-0.2, 0) is 18.2 Å². The summed E-state index contributed by atoms with van der Waals surface area (Å²) in [5.41, 5.74) is 6.87. The number of ether oxygens (including phenoxy) is 1. The Morgan fingerprint density at radius 2 is 2.46 bits per heavy atom. The Labute approximate surface area is 78.7 Å². The Hall–Kier alpha value is -0.870. The Morgan fingerprint density at radius 3 is 3.00 bits per heavy atom. The summed E-state index contributed by atoms with van der Waals surface area (Å²) in [5, 5.41) is 4.26. The lowest BCUT2D eigenvalue weighted by molar-refractivity contribution is 0.177. The van der Waals surface area contributed by atoms with Gasteiger partial charge in [-0.25, -0.2) is 0 Å². The number of rotatable bonds is 5. The fraction of sp³-hybridized carbons (Fsp3) is 0.667. The molecule has 1 aromatic rings. The van der Waals surface area contributed by atoms with Gasteiger partial charge >= 0.3 is 0 Å². The molecule has 0 aliphatic carbocycles. The second-order valence-electron chi connectivity index (χ2n) is 3.23. The molecule has 1 rings (SSSR count). The molecule has 1 heterocycles. The van der Waals surface area contributed by atoms with Crippen molar-refractivity contribution >= 4 is 0 Å². The predicted octanol–water partition coefficient (Wildman–Crippen LogP) is 0.326. The maximum Gasteiger partial charge on any atom is 0.0625 e. The van der Waals surface area contributed by atoms with Gasteiger partial charge in [0.1, 0.15) is 0 Å². The fourth-order valence-electron chi connectivity index (χ4n) is 1.23. The highest BCUT2D eigenvalue weighted by Gasteiger charge is 2.03. The van der Waals surface area contributed by atoms with Gasteiger partial charge in [-0.15, -0.1) is 0 Å². The van der Waals surface area contributed by atoms with E-state index in [0.717, 1.165) is 18.5 Å². The van der Waals surface area contributed by atoms with Crippen molar-refractivity contribution in [2.24, 2.45) is 12.8 Å². The minimum Gasteiger partial charge on any atom is -0.383 e. The molecule has 0 bridgehead atoms. The van der Waals surface area contributed by atoms with Gasteiger partial charge < -0.3 is 10.5 Å². The second kappa shape index (κ2) is 4.99. The average Bonchev–Trinajstić information content (AvgIpc) is 2.49. The molecule has 0 saturated carbocycles. The van der Waals surface area contributed by atoms with Crippen molar-refractivity contribution in [3.63, 3.8) is 0 Å². The zero-order valence-corrected chi connectivity index (χ0v) is 8.23. The fourth-order valence-corrected chi connectivity index (χ4v) is 1.23. The van der Waals surface area contributed by atoms with E-state index in [9.17, 15) is 0 Å². The summed E-state index contributed by atoms with van der Waals surface area (Å²) in [4.78, 5) is 0. The first-order valence-electron chi connectivity index (χ1n) is 4.45. The zero-order valence-electron chi connectivity index (χ0n) is 8.23. The van der Waals surface area contributed by atoms with Gasteiger partial charge in [0.05, 0.1) is 12.3 Å². The van der Waals surface area contributed by atoms with Crippen LogP contribution in [0, 0.1) is 0 Å². The summed E-state index contributed by atoms with van der Waals surface area (Å²) in [6.45, 7) is 0.618. The van der Waals surface area contributed by atoms with E-state index in [1.165, 1.54) is 0 Å². The van der Waals surface area contributed by atoms with Gasteiger partial charge in [0.2, 0.25) is 0 Å². The Balaban J connectivity index is 2.26. The number of hydrogen-bond acceptors (Lipinski definition) is 3. The third-order valence-corrected chi connectivity index (χ3v) is 1.92. The molecule has 2 N–H and O–H groups in total. The lowest BCUT2D eigenvalue weighted by Crippen LogP contribution is -2.26. The van der Waals surface area contributed by atoms with E-state index in [1.807, 2.05) is 19.3 Å². The first kappa shape index (κ1) is 10.2. The van der Waals surface area contributed by atoms with Gasteiger partial charge in [-0.3, -0.25) is 4.68 Å². The number of nitrogens with zero attached hydrogens (tertiary/aromatic N) is 2. The summed E-state index contributed by atoms with van der Waals surface area (Å²) in [7, 11) is 3.58. The molecule has 4 heteroatoms. The largest absolute Gasteiger partial charge is 0.383 e.